The topological polar surface area (TPSA) is 29.5 Å². The fraction of sp³-hybridized carbons (Fsp3) is 0.235. The molecule has 4 heteroatoms. The van der Waals surface area contributed by atoms with Gasteiger partial charge < -0.3 is 9.64 Å². The quantitative estimate of drug-likeness (QED) is 0.848. The third-order valence-corrected chi connectivity index (χ3v) is 4.57. The van der Waals surface area contributed by atoms with Gasteiger partial charge in [-0.25, -0.2) is 0 Å². The molecule has 0 spiro atoms. The first-order chi connectivity index (χ1) is 10.1. The number of carbonyl (C=O) groups is 1. The molecular weight excluding hydrogens is 330 g/mol. The Balaban J connectivity index is 1.66. The summed E-state index contributed by atoms with van der Waals surface area (Å²) in [4.78, 5) is 14.1. The molecule has 3 nitrogen and oxygen atoms in total. The van der Waals surface area contributed by atoms with Gasteiger partial charge in [-0.15, -0.1) is 0 Å². The molecule has 0 unspecified atom stereocenters. The molecule has 108 valence electrons. The molecule has 0 saturated heterocycles. The van der Waals surface area contributed by atoms with Gasteiger partial charge in [0.15, 0.2) is 6.61 Å². The maximum Gasteiger partial charge on any atom is 0.264 e. The third kappa shape index (κ3) is 2.95. The average Bonchev–Trinajstić information content (AvgIpc) is 2.92. The number of hydrogen-bond donors (Lipinski definition) is 0. The predicted molar refractivity (Wildman–Crippen MR) is 86.9 cm³/mol. The zero-order chi connectivity index (χ0) is 14.8. The summed E-state index contributed by atoms with van der Waals surface area (Å²) in [7, 11) is 0. The van der Waals surface area contributed by atoms with Crippen LogP contribution in [0.3, 0.4) is 0 Å². The van der Waals surface area contributed by atoms with Crippen molar-refractivity contribution in [3.63, 3.8) is 0 Å². The number of benzene rings is 2. The van der Waals surface area contributed by atoms with Crippen molar-refractivity contribution in [3.8, 4) is 5.75 Å². The highest BCUT2D eigenvalue weighted by Gasteiger charge is 2.24. The highest BCUT2D eigenvalue weighted by atomic mass is 79.9. The molecule has 0 bridgehead atoms. The van der Waals surface area contributed by atoms with E-state index in [1.807, 2.05) is 43.3 Å². The smallest absolute Gasteiger partial charge is 0.264 e. The van der Waals surface area contributed by atoms with Crippen LogP contribution in [-0.2, 0) is 11.2 Å². The zero-order valence-corrected chi connectivity index (χ0v) is 13.4. The molecule has 3 rings (SSSR count). The van der Waals surface area contributed by atoms with Gasteiger partial charge in [0.25, 0.3) is 5.91 Å². The van der Waals surface area contributed by atoms with Gasteiger partial charge in [-0.2, -0.15) is 0 Å². The molecule has 1 aliphatic rings. The van der Waals surface area contributed by atoms with Gasteiger partial charge in [0, 0.05) is 16.7 Å². The monoisotopic (exact) mass is 345 g/mol. The van der Waals surface area contributed by atoms with Crippen LogP contribution in [0, 0.1) is 6.92 Å². The SMILES string of the molecule is Cc1cc(OCC(=O)N2CCc3ccccc32)ccc1Br. The molecule has 0 N–H and O–H groups in total. The first kappa shape index (κ1) is 14.1. The molecule has 0 aliphatic carbocycles. The van der Waals surface area contributed by atoms with Crippen LogP contribution < -0.4 is 9.64 Å². The Kier molecular flexibility index (Phi) is 3.97. The van der Waals surface area contributed by atoms with Crippen molar-refractivity contribution in [3.05, 3.63) is 58.1 Å². The third-order valence-electron chi connectivity index (χ3n) is 3.68. The van der Waals surface area contributed by atoms with E-state index in [1.165, 1.54) is 5.56 Å². The average molecular weight is 346 g/mol. The molecule has 2 aromatic carbocycles. The number of nitrogens with zero attached hydrogens (tertiary/aromatic N) is 1. The van der Waals surface area contributed by atoms with E-state index in [0.717, 1.165) is 34.4 Å². The number of ether oxygens (including phenoxy) is 1. The molecule has 0 saturated carbocycles. The van der Waals surface area contributed by atoms with Gasteiger partial charge in [-0.1, -0.05) is 34.1 Å². The van der Waals surface area contributed by atoms with Crippen molar-refractivity contribution < 1.29 is 9.53 Å². The van der Waals surface area contributed by atoms with Crippen molar-refractivity contribution in [2.45, 2.75) is 13.3 Å². The summed E-state index contributed by atoms with van der Waals surface area (Å²) in [6.07, 6.45) is 0.916. The van der Waals surface area contributed by atoms with Crippen LogP contribution >= 0.6 is 15.9 Å². The number of amides is 1. The fourth-order valence-corrected chi connectivity index (χ4v) is 2.77. The Bertz CT molecular complexity index is 684. The molecule has 0 aromatic heterocycles. The number of halogens is 1. The first-order valence-electron chi connectivity index (χ1n) is 6.92. The van der Waals surface area contributed by atoms with Gasteiger partial charge in [-0.3, -0.25) is 4.79 Å². The lowest BCUT2D eigenvalue weighted by atomic mass is 10.2. The number of anilines is 1. The lowest BCUT2D eigenvalue weighted by molar-refractivity contribution is -0.120. The van der Waals surface area contributed by atoms with Gasteiger partial charge >= 0.3 is 0 Å². The van der Waals surface area contributed by atoms with E-state index in [0.29, 0.717) is 0 Å². The summed E-state index contributed by atoms with van der Waals surface area (Å²) in [6.45, 7) is 2.80. The summed E-state index contributed by atoms with van der Waals surface area (Å²) in [5, 5.41) is 0. The highest BCUT2D eigenvalue weighted by molar-refractivity contribution is 9.10. The number of aryl methyl sites for hydroxylation is 1. The maximum absolute atomic E-state index is 12.3. The number of carbonyl (C=O) groups excluding carboxylic acids is 1. The van der Waals surface area contributed by atoms with Crippen molar-refractivity contribution in [1.82, 2.24) is 0 Å². The minimum Gasteiger partial charge on any atom is -0.484 e. The number of rotatable bonds is 3. The summed E-state index contributed by atoms with van der Waals surface area (Å²) < 4.78 is 6.66. The molecular formula is C17H16BrNO2. The van der Waals surface area contributed by atoms with E-state index in [1.54, 1.807) is 4.90 Å². The van der Waals surface area contributed by atoms with Crippen LogP contribution in [0.5, 0.6) is 5.75 Å². The Labute approximate surface area is 132 Å². The van der Waals surface area contributed by atoms with Crippen molar-refractivity contribution >= 4 is 27.5 Å². The molecule has 1 amide bonds. The standard InChI is InChI=1S/C17H16BrNO2/c1-12-10-14(6-7-15(12)18)21-11-17(20)19-9-8-13-4-2-3-5-16(13)19/h2-7,10H,8-9,11H2,1H3. The van der Waals surface area contributed by atoms with Crippen molar-refractivity contribution in [1.29, 1.82) is 0 Å². The number of para-hydroxylation sites is 1. The molecule has 1 heterocycles. The van der Waals surface area contributed by atoms with Gasteiger partial charge in [0.2, 0.25) is 0 Å². The summed E-state index contributed by atoms with van der Waals surface area (Å²) in [5.41, 5.74) is 3.33. The van der Waals surface area contributed by atoms with Crippen LogP contribution in [0.4, 0.5) is 5.69 Å². The molecule has 21 heavy (non-hydrogen) atoms. The molecule has 0 atom stereocenters. The first-order valence-corrected chi connectivity index (χ1v) is 7.71. The summed E-state index contributed by atoms with van der Waals surface area (Å²) in [6, 6.07) is 13.8. The maximum atomic E-state index is 12.3. The minimum absolute atomic E-state index is 0.000483. The van der Waals surface area contributed by atoms with E-state index in [2.05, 4.69) is 22.0 Å². The second-order valence-electron chi connectivity index (χ2n) is 5.12. The van der Waals surface area contributed by atoms with Gasteiger partial charge in [0.05, 0.1) is 0 Å². The Morgan fingerprint density at radius 3 is 2.90 bits per heavy atom. The predicted octanol–water partition coefficient (Wildman–Crippen LogP) is 3.73. The second kappa shape index (κ2) is 5.90. The minimum atomic E-state index is 0.000483. The lowest BCUT2D eigenvalue weighted by Gasteiger charge is -2.17. The van der Waals surface area contributed by atoms with Gasteiger partial charge in [0.1, 0.15) is 5.75 Å². The van der Waals surface area contributed by atoms with Crippen molar-refractivity contribution in [2.24, 2.45) is 0 Å². The Hall–Kier alpha value is -1.81. The molecule has 2 aromatic rings. The summed E-state index contributed by atoms with van der Waals surface area (Å²) >= 11 is 3.45. The summed E-state index contributed by atoms with van der Waals surface area (Å²) in [5.74, 6) is 0.719. The van der Waals surface area contributed by atoms with Crippen LogP contribution in [0.25, 0.3) is 0 Å². The van der Waals surface area contributed by atoms with Crippen LogP contribution in [0.15, 0.2) is 46.9 Å². The number of fused-ring (bicyclic) bond motifs is 1. The van der Waals surface area contributed by atoms with E-state index >= 15 is 0 Å². The van der Waals surface area contributed by atoms with E-state index < -0.39 is 0 Å². The largest absolute Gasteiger partial charge is 0.484 e. The lowest BCUT2D eigenvalue weighted by Crippen LogP contribution is -2.33. The van der Waals surface area contributed by atoms with Crippen LogP contribution in [-0.4, -0.2) is 19.1 Å². The van der Waals surface area contributed by atoms with Crippen molar-refractivity contribution in [2.75, 3.05) is 18.1 Å². The Morgan fingerprint density at radius 2 is 2.10 bits per heavy atom. The van der Waals surface area contributed by atoms with E-state index in [4.69, 9.17) is 4.74 Å². The second-order valence-corrected chi connectivity index (χ2v) is 5.98. The Morgan fingerprint density at radius 1 is 1.29 bits per heavy atom. The van der Waals surface area contributed by atoms with Gasteiger partial charge in [-0.05, 0) is 48.7 Å². The zero-order valence-electron chi connectivity index (χ0n) is 11.8. The fourth-order valence-electron chi connectivity index (χ4n) is 2.53. The van der Waals surface area contributed by atoms with E-state index in [-0.39, 0.29) is 12.5 Å². The molecule has 1 aliphatic heterocycles. The highest BCUT2D eigenvalue weighted by Crippen LogP contribution is 2.27. The molecule has 0 fully saturated rings. The van der Waals surface area contributed by atoms with E-state index in [9.17, 15) is 4.79 Å². The van der Waals surface area contributed by atoms with Crippen LogP contribution in [0.1, 0.15) is 11.1 Å². The van der Waals surface area contributed by atoms with Crippen LogP contribution in [0.2, 0.25) is 0 Å². The molecule has 0 radical (unpaired) electrons. The number of hydrogen-bond acceptors (Lipinski definition) is 2. The normalized spacial score (nSPS) is 13.1.